The minimum Gasteiger partial charge on any atom is -0.395 e. The topological polar surface area (TPSA) is 65.9 Å². The van der Waals surface area contributed by atoms with Gasteiger partial charge in [-0.1, -0.05) is 29.8 Å². The van der Waals surface area contributed by atoms with E-state index in [9.17, 15) is 0 Å². The maximum Gasteiger partial charge on any atom is 0.153 e. The molecule has 0 fully saturated rings. The summed E-state index contributed by atoms with van der Waals surface area (Å²) in [6.45, 7) is 2.76. The summed E-state index contributed by atoms with van der Waals surface area (Å²) in [7, 11) is 1.92. The molecule has 0 atom stereocenters. The first kappa shape index (κ1) is 12.9. The summed E-state index contributed by atoms with van der Waals surface area (Å²) >= 11 is 0. The van der Waals surface area contributed by atoms with E-state index in [2.05, 4.69) is 42.2 Å². The average Bonchev–Trinajstić information content (AvgIpc) is 2.41. The van der Waals surface area contributed by atoms with Crippen LogP contribution < -0.4 is 10.6 Å². The van der Waals surface area contributed by atoms with Gasteiger partial charge in [0.15, 0.2) is 5.82 Å². The number of aryl methyl sites for hydroxylation is 1. The van der Waals surface area contributed by atoms with E-state index in [1.54, 1.807) is 12.3 Å². The van der Waals surface area contributed by atoms with Crippen molar-refractivity contribution in [3.8, 4) is 6.07 Å². The van der Waals surface area contributed by atoms with Gasteiger partial charge in [0.05, 0.1) is 11.3 Å². The molecule has 2 rings (SSSR count). The van der Waals surface area contributed by atoms with Gasteiger partial charge in [-0.2, -0.15) is 5.26 Å². The number of hydrogen-bond acceptors (Lipinski definition) is 4. The van der Waals surface area contributed by atoms with E-state index >= 15 is 0 Å². The summed E-state index contributed by atoms with van der Waals surface area (Å²) in [5.74, 6) is 0.639. The molecule has 1 heterocycles. The molecule has 1 aromatic heterocycles. The summed E-state index contributed by atoms with van der Waals surface area (Å²) in [4.78, 5) is 6.20. The Balaban J connectivity index is 2.23. The van der Waals surface area contributed by atoms with Crippen LogP contribution in [0.3, 0.4) is 0 Å². The quantitative estimate of drug-likeness (QED) is 0.911. The van der Waals surface area contributed by atoms with Gasteiger partial charge in [0.1, 0.15) is 6.07 Å². The van der Waals surface area contributed by atoms with Gasteiger partial charge in [0.2, 0.25) is 0 Å². The Bertz CT molecular complexity index is 611. The van der Waals surface area contributed by atoms with E-state index in [0.29, 0.717) is 23.6 Å². The Labute approximate surface area is 113 Å². The lowest BCUT2D eigenvalue weighted by Gasteiger charge is -2.20. The summed E-state index contributed by atoms with van der Waals surface area (Å²) in [6.07, 6.45) is 1.61. The molecule has 0 radical (unpaired) electrons. The molecule has 0 aliphatic carbocycles. The Morgan fingerprint density at radius 3 is 2.58 bits per heavy atom. The number of nitrogens with zero attached hydrogens (tertiary/aromatic N) is 3. The van der Waals surface area contributed by atoms with Gasteiger partial charge in [-0.15, -0.1) is 0 Å². The van der Waals surface area contributed by atoms with E-state index in [1.165, 1.54) is 11.1 Å². The number of rotatable bonds is 3. The van der Waals surface area contributed by atoms with Crippen molar-refractivity contribution < 1.29 is 0 Å². The molecule has 1 aromatic carbocycles. The lowest BCUT2D eigenvalue weighted by molar-refractivity contribution is 0.899. The van der Waals surface area contributed by atoms with Crippen LogP contribution in [-0.2, 0) is 6.54 Å². The fourth-order valence-corrected chi connectivity index (χ4v) is 1.91. The van der Waals surface area contributed by atoms with Gasteiger partial charge >= 0.3 is 0 Å². The zero-order chi connectivity index (χ0) is 13.8. The van der Waals surface area contributed by atoms with Crippen LogP contribution in [0.2, 0.25) is 0 Å². The normalized spacial score (nSPS) is 9.95. The second-order valence-electron chi connectivity index (χ2n) is 4.55. The maximum absolute atomic E-state index is 8.97. The summed E-state index contributed by atoms with van der Waals surface area (Å²) < 4.78 is 0. The second-order valence-corrected chi connectivity index (χ2v) is 4.55. The van der Waals surface area contributed by atoms with Crippen molar-refractivity contribution in [1.29, 1.82) is 5.26 Å². The molecule has 0 aliphatic rings. The Morgan fingerprint density at radius 1 is 1.26 bits per heavy atom. The van der Waals surface area contributed by atoms with Crippen LogP contribution in [0.5, 0.6) is 0 Å². The molecule has 0 spiro atoms. The monoisotopic (exact) mass is 252 g/mol. The lowest BCUT2D eigenvalue weighted by atomic mass is 10.1. The fourth-order valence-electron chi connectivity index (χ4n) is 1.91. The third-order valence-corrected chi connectivity index (χ3v) is 2.99. The first-order chi connectivity index (χ1) is 9.11. The first-order valence-corrected chi connectivity index (χ1v) is 6.03. The minimum absolute atomic E-state index is 0.430. The van der Waals surface area contributed by atoms with Gasteiger partial charge in [0.25, 0.3) is 0 Å². The molecule has 0 amide bonds. The molecule has 96 valence electrons. The van der Waals surface area contributed by atoms with Crippen molar-refractivity contribution in [1.82, 2.24) is 4.98 Å². The molecule has 0 aliphatic heterocycles. The summed E-state index contributed by atoms with van der Waals surface area (Å²) in [6, 6.07) is 12.0. The summed E-state index contributed by atoms with van der Waals surface area (Å²) in [5.41, 5.74) is 9.24. The van der Waals surface area contributed by atoms with Crippen molar-refractivity contribution in [3.63, 3.8) is 0 Å². The summed E-state index contributed by atoms with van der Waals surface area (Å²) in [5, 5.41) is 8.97. The maximum atomic E-state index is 8.97. The van der Waals surface area contributed by atoms with Gasteiger partial charge in [0, 0.05) is 19.8 Å². The van der Waals surface area contributed by atoms with Crippen LogP contribution in [0.15, 0.2) is 36.5 Å². The Hall–Kier alpha value is -2.54. The average molecular weight is 252 g/mol. The van der Waals surface area contributed by atoms with Crippen molar-refractivity contribution >= 4 is 11.5 Å². The highest BCUT2D eigenvalue weighted by Crippen LogP contribution is 2.23. The molecule has 0 saturated carbocycles. The number of nitrogens with two attached hydrogens (primary N) is 1. The van der Waals surface area contributed by atoms with Gasteiger partial charge < -0.3 is 10.6 Å². The molecular weight excluding hydrogens is 236 g/mol. The largest absolute Gasteiger partial charge is 0.395 e. The number of anilines is 2. The number of pyridine rings is 1. The third kappa shape index (κ3) is 2.83. The molecule has 19 heavy (non-hydrogen) atoms. The number of benzene rings is 1. The molecule has 2 N–H and O–H groups in total. The first-order valence-electron chi connectivity index (χ1n) is 6.03. The van der Waals surface area contributed by atoms with Gasteiger partial charge in [-0.3, -0.25) is 0 Å². The molecule has 4 heteroatoms. The molecule has 0 unspecified atom stereocenters. The highest BCUT2D eigenvalue weighted by molar-refractivity contribution is 5.69. The Morgan fingerprint density at radius 2 is 1.95 bits per heavy atom. The zero-order valence-corrected chi connectivity index (χ0v) is 11.1. The van der Waals surface area contributed by atoms with E-state index in [-0.39, 0.29) is 0 Å². The molecule has 0 saturated heterocycles. The van der Waals surface area contributed by atoms with E-state index < -0.39 is 0 Å². The number of aromatic nitrogens is 1. The third-order valence-electron chi connectivity index (χ3n) is 2.99. The van der Waals surface area contributed by atoms with Crippen LogP contribution in [-0.4, -0.2) is 12.0 Å². The second kappa shape index (κ2) is 5.40. The van der Waals surface area contributed by atoms with Crippen molar-refractivity contribution in [2.75, 3.05) is 17.7 Å². The highest BCUT2D eigenvalue weighted by Gasteiger charge is 2.10. The predicted molar refractivity (Wildman–Crippen MR) is 76.7 cm³/mol. The van der Waals surface area contributed by atoms with Crippen LogP contribution in [0, 0.1) is 18.3 Å². The van der Waals surface area contributed by atoms with Gasteiger partial charge in [-0.05, 0) is 18.6 Å². The fraction of sp³-hybridized carbons (Fsp3) is 0.200. The SMILES string of the molecule is Cc1ccc(CN(C)c2nccc(C#N)c2N)cc1. The standard InChI is InChI=1S/C15H16N4/c1-11-3-5-12(6-4-11)10-19(2)15-14(17)13(9-16)7-8-18-15/h3-8H,10,17H2,1-2H3. The number of hydrogen-bond donors (Lipinski definition) is 1. The van der Waals surface area contributed by atoms with E-state index in [0.717, 1.165) is 0 Å². The van der Waals surface area contributed by atoms with E-state index in [4.69, 9.17) is 11.0 Å². The van der Waals surface area contributed by atoms with Gasteiger partial charge in [-0.25, -0.2) is 4.98 Å². The van der Waals surface area contributed by atoms with E-state index in [1.807, 2.05) is 11.9 Å². The zero-order valence-electron chi connectivity index (χ0n) is 11.1. The number of nitriles is 1. The van der Waals surface area contributed by atoms with Crippen LogP contribution in [0.1, 0.15) is 16.7 Å². The highest BCUT2D eigenvalue weighted by atomic mass is 15.2. The molecule has 4 nitrogen and oxygen atoms in total. The Kier molecular flexibility index (Phi) is 3.67. The van der Waals surface area contributed by atoms with Crippen LogP contribution in [0.25, 0.3) is 0 Å². The molecule has 2 aromatic rings. The van der Waals surface area contributed by atoms with Crippen molar-refractivity contribution in [2.24, 2.45) is 0 Å². The van der Waals surface area contributed by atoms with Crippen LogP contribution in [0.4, 0.5) is 11.5 Å². The smallest absolute Gasteiger partial charge is 0.153 e. The lowest BCUT2D eigenvalue weighted by Crippen LogP contribution is -2.19. The van der Waals surface area contributed by atoms with Crippen molar-refractivity contribution in [3.05, 3.63) is 53.2 Å². The molecular formula is C15H16N4. The minimum atomic E-state index is 0.430. The molecule has 0 bridgehead atoms. The van der Waals surface area contributed by atoms with Crippen molar-refractivity contribution in [2.45, 2.75) is 13.5 Å². The van der Waals surface area contributed by atoms with Crippen LogP contribution >= 0.6 is 0 Å². The predicted octanol–water partition coefficient (Wildman–Crippen LogP) is 2.48. The number of nitrogen functional groups attached to an aromatic ring is 1.